The SMILES string of the molecule is Cc1ccc(NC(=O)COC(=O)c2c(-n3cccc3)sc3c2CCSC3)cc1F. The van der Waals surface area contributed by atoms with E-state index in [1.807, 2.05) is 40.9 Å². The molecular weight excluding hydrogens is 411 g/mol. The Kier molecular flexibility index (Phi) is 5.73. The number of halogens is 1. The van der Waals surface area contributed by atoms with Crippen molar-refractivity contribution in [2.75, 3.05) is 17.7 Å². The van der Waals surface area contributed by atoms with Crippen molar-refractivity contribution in [1.82, 2.24) is 4.57 Å². The van der Waals surface area contributed by atoms with Gasteiger partial charge in [-0.05, 0) is 54.5 Å². The number of benzene rings is 1. The fourth-order valence-corrected chi connectivity index (χ4v) is 5.59. The first kappa shape index (κ1) is 19.7. The summed E-state index contributed by atoms with van der Waals surface area (Å²) >= 11 is 3.43. The number of hydrogen-bond acceptors (Lipinski definition) is 5. The van der Waals surface area contributed by atoms with Crippen LogP contribution in [0.15, 0.2) is 42.7 Å². The quantitative estimate of drug-likeness (QED) is 0.603. The van der Waals surface area contributed by atoms with Gasteiger partial charge in [-0.25, -0.2) is 9.18 Å². The average molecular weight is 431 g/mol. The van der Waals surface area contributed by atoms with E-state index in [9.17, 15) is 14.0 Å². The van der Waals surface area contributed by atoms with Crippen LogP contribution in [0.25, 0.3) is 5.00 Å². The Labute approximate surface area is 175 Å². The number of amides is 1. The summed E-state index contributed by atoms with van der Waals surface area (Å²) in [6.07, 6.45) is 4.58. The predicted molar refractivity (Wildman–Crippen MR) is 114 cm³/mol. The van der Waals surface area contributed by atoms with Crippen molar-refractivity contribution < 1.29 is 18.7 Å². The van der Waals surface area contributed by atoms with Crippen molar-refractivity contribution in [2.45, 2.75) is 19.1 Å². The summed E-state index contributed by atoms with van der Waals surface area (Å²) in [5.74, 6) is 0.404. The third-order valence-electron chi connectivity index (χ3n) is 4.63. The smallest absolute Gasteiger partial charge is 0.341 e. The lowest BCUT2D eigenvalue weighted by Gasteiger charge is -2.13. The fraction of sp³-hybridized carbons (Fsp3) is 0.238. The summed E-state index contributed by atoms with van der Waals surface area (Å²) in [7, 11) is 0. The Morgan fingerprint density at radius 1 is 1.28 bits per heavy atom. The number of carbonyl (C=O) groups excluding carboxylic acids is 2. The Hall–Kier alpha value is -2.58. The molecule has 1 N–H and O–H groups in total. The van der Waals surface area contributed by atoms with E-state index < -0.39 is 24.3 Å². The largest absolute Gasteiger partial charge is 0.452 e. The molecule has 0 radical (unpaired) electrons. The van der Waals surface area contributed by atoms with Crippen molar-refractivity contribution in [3.8, 4) is 5.00 Å². The maximum absolute atomic E-state index is 13.6. The minimum Gasteiger partial charge on any atom is -0.452 e. The van der Waals surface area contributed by atoms with E-state index in [1.165, 1.54) is 10.9 Å². The number of thiophene rings is 1. The maximum atomic E-state index is 13.6. The first-order valence-electron chi connectivity index (χ1n) is 9.11. The van der Waals surface area contributed by atoms with Crippen LogP contribution in [0.2, 0.25) is 0 Å². The van der Waals surface area contributed by atoms with Crippen LogP contribution in [-0.2, 0) is 21.7 Å². The lowest BCUT2D eigenvalue weighted by atomic mass is 10.1. The minimum absolute atomic E-state index is 0.326. The molecule has 1 aliphatic rings. The van der Waals surface area contributed by atoms with Gasteiger partial charge in [0.15, 0.2) is 6.61 Å². The zero-order chi connectivity index (χ0) is 20.4. The van der Waals surface area contributed by atoms with Crippen molar-refractivity contribution in [2.24, 2.45) is 0 Å². The van der Waals surface area contributed by atoms with Crippen LogP contribution in [0.4, 0.5) is 10.1 Å². The van der Waals surface area contributed by atoms with Crippen LogP contribution in [0.5, 0.6) is 0 Å². The highest BCUT2D eigenvalue weighted by Crippen LogP contribution is 2.38. The van der Waals surface area contributed by atoms with E-state index in [1.54, 1.807) is 30.4 Å². The van der Waals surface area contributed by atoms with Crippen LogP contribution < -0.4 is 5.32 Å². The molecule has 8 heteroatoms. The maximum Gasteiger partial charge on any atom is 0.341 e. The van der Waals surface area contributed by atoms with Gasteiger partial charge in [-0.2, -0.15) is 11.8 Å². The van der Waals surface area contributed by atoms with Crippen LogP contribution in [-0.4, -0.2) is 28.8 Å². The molecule has 2 aromatic heterocycles. The van der Waals surface area contributed by atoms with E-state index in [4.69, 9.17) is 4.74 Å². The van der Waals surface area contributed by atoms with Gasteiger partial charge in [0.25, 0.3) is 5.91 Å². The van der Waals surface area contributed by atoms with Crippen molar-refractivity contribution in [3.63, 3.8) is 0 Å². The number of carbonyl (C=O) groups is 2. The summed E-state index contributed by atoms with van der Waals surface area (Å²) in [5, 5.41) is 3.37. The summed E-state index contributed by atoms with van der Waals surface area (Å²) in [6.45, 7) is 1.21. The molecule has 0 aliphatic carbocycles. The second-order valence-corrected chi connectivity index (χ2v) is 8.85. The lowest BCUT2D eigenvalue weighted by Crippen LogP contribution is -2.22. The van der Waals surface area contributed by atoms with Gasteiger partial charge >= 0.3 is 5.97 Å². The topological polar surface area (TPSA) is 60.3 Å². The highest BCUT2D eigenvalue weighted by Gasteiger charge is 2.27. The Morgan fingerprint density at radius 2 is 2.07 bits per heavy atom. The second kappa shape index (κ2) is 8.42. The molecule has 5 nitrogen and oxygen atoms in total. The van der Waals surface area contributed by atoms with Crippen molar-refractivity contribution in [1.29, 1.82) is 0 Å². The monoisotopic (exact) mass is 430 g/mol. The van der Waals surface area contributed by atoms with Gasteiger partial charge in [0, 0.05) is 28.7 Å². The highest BCUT2D eigenvalue weighted by atomic mass is 32.2. The predicted octanol–water partition coefficient (Wildman–Crippen LogP) is 4.57. The molecule has 0 unspecified atom stereocenters. The second-order valence-electron chi connectivity index (χ2n) is 6.67. The van der Waals surface area contributed by atoms with Gasteiger partial charge in [-0.1, -0.05) is 6.07 Å². The van der Waals surface area contributed by atoms with Gasteiger partial charge in [0.2, 0.25) is 0 Å². The number of fused-ring (bicyclic) bond motifs is 1. The fourth-order valence-electron chi connectivity index (χ4n) is 3.15. The normalized spacial score (nSPS) is 13.0. The zero-order valence-electron chi connectivity index (χ0n) is 15.7. The molecule has 0 bridgehead atoms. The van der Waals surface area contributed by atoms with Gasteiger partial charge in [-0.15, -0.1) is 11.3 Å². The number of aromatic nitrogens is 1. The number of ether oxygens (including phenoxy) is 1. The molecule has 0 spiro atoms. The van der Waals surface area contributed by atoms with Gasteiger partial charge in [0.05, 0.1) is 5.56 Å². The zero-order valence-corrected chi connectivity index (χ0v) is 17.4. The van der Waals surface area contributed by atoms with E-state index >= 15 is 0 Å². The molecule has 0 saturated heterocycles. The van der Waals surface area contributed by atoms with Crippen LogP contribution in [0, 0.1) is 12.7 Å². The van der Waals surface area contributed by atoms with E-state index in [0.717, 1.165) is 28.5 Å². The average Bonchev–Trinajstić information content (AvgIpc) is 3.36. The molecule has 1 aliphatic heterocycles. The molecule has 150 valence electrons. The van der Waals surface area contributed by atoms with Crippen LogP contribution in [0.3, 0.4) is 0 Å². The number of aryl methyl sites for hydroxylation is 1. The number of thioether (sulfide) groups is 1. The lowest BCUT2D eigenvalue weighted by molar-refractivity contribution is -0.119. The third-order valence-corrected chi connectivity index (χ3v) is 7.05. The molecule has 0 fully saturated rings. The summed E-state index contributed by atoms with van der Waals surface area (Å²) < 4.78 is 20.9. The molecule has 1 aromatic carbocycles. The number of esters is 1. The van der Waals surface area contributed by atoms with E-state index in [-0.39, 0.29) is 0 Å². The number of anilines is 1. The molecule has 3 heterocycles. The van der Waals surface area contributed by atoms with Gasteiger partial charge in [-0.3, -0.25) is 4.79 Å². The number of nitrogens with zero attached hydrogens (tertiary/aromatic N) is 1. The van der Waals surface area contributed by atoms with Gasteiger partial charge in [0.1, 0.15) is 10.8 Å². The molecule has 29 heavy (non-hydrogen) atoms. The van der Waals surface area contributed by atoms with Crippen molar-refractivity contribution in [3.05, 3.63) is 70.1 Å². The molecule has 0 saturated carbocycles. The molecule has 4 rings (SSSR count). The first-order valence-corrected chi connectivity index (χ1v) is 11.1. The minimum atomic E-state index is -0.511. The number of nitrogens with one attached hydrogen (secondary N) is 1. The van der Waals surface area contributed by atoms with E-state index in [0.29, 0.717) is 16.8 Å². The molecule has 0 atom stereocenters. The Bertz CT molecular complexity index is 1060. The Balaban J connectivity index is 1.49. The summed E-state index contributed by atoms with van der Waals surface area (Å²) in [5.41, 5.74) is 2.37. The van der Waals surface area contributed by atoms with E-state index in [2.05, 4.69) is 5.32 Å². The summed E-state index contributed by atoms with van der Waals surface area (Å²) in [4.78, 5) is 26.2. The standard InChI is InChI=1S/C21H19FN2O3S2/c1-13-4-5-14(10-16(13)22)23-18(25)11-27-21(26)19-15-6-9-28-12-17(15)29-20(19)24-7-2-3-8-24/h2-5,7-8,10H,6,9,11-12H2,1H3,(H,23,25). The van der Waals surface area contributed by atoms with Gasteiger partial charge < -0.3 is 14.6 Å². The molecular formula is C21H19FN2O3S2. The first-order chi connectivity index (χ1) is 14.0. The Morgan fingerprint density at radius 3 is 2.83 bits per heavy atom. The highest BCUT2D eigenvalue weighted by molar-refractivity contribution is 7.98. The third kappa shape index (κ3) is 4.23. The van der Waals surface area contributed by atoms with Crippen LogP contribution in [0.1, 0.15) is 26.4 Å². The number of hydrogen-bond donors (Lipinski definition) is 1. The van der Waals surface area contributed by atoms with Crippen LogP contribution >= 0.6 is 23.1 Å². The molecule has 1 amide bonds. The van der Waals surface area contributed by atoms with Crippen molar-refractivity contribution >= 4 is 40.7 Å². The number of rotatable bonds is 5. The summed E-state index contributed by atoms with van der Waals surface area (Å²) in [6, 6.07) is 8.23. The molecule has 3 aromatic rings.